The van der Waals surface area contributed by atoms with Gasteiger partial charge in [0.15, 0.2) is 5.82 Å². The minimum atomic E-state index is -0.441. The number of benzene rings is 2. The van der Waals surface area contributed by atoms with Crippen molar-refractivity contribution in [2.45, 2.75) is 17.3 Å². The number of anilines is 2. The van der Waals surface area contributed by atoms with Crippen molar-refractivity contribution in [3.63, 3.8) is 0 Å². The second-order valence-electron chi connectivity index (χ2n) is 6.49. The standard InChI is InChI=1S/C19H20Cl2N6OS/c1-11(18(28)23-13-5-7-14(8-6-13)26(2)3)29-19-25-24-17(27(19)22)15-9-4-12(20)10-16(15)21/h4-11H,22H2,1-3H3,(H,23,28). The van der Waals surface area contributed by atoms with E-state index >= 15 is 0 Å². The van der Waals surface area contributed by atoms with Crippen molar-refractivity contribution < 1.29 is 4.79 Å². The van der Waals surface area contributed by atoms with E-state index in [-0.39, 0.29) is 5.91 Å². The summed E-state index contributed by atoms with van der Waals surface area (Å²) in [5.74, 6) is 6.36. The Hall–Kier alpha value is -2.42. The van der Waals surface area contributed by atoms with Crippen molar-refractivity contribution in [3.8, 4) is 11.4 Å². The molecule has 0 aliphatic heterocycles. The lowest BCUT2D eigenvalue weighted by atomic mass is 10.2. The molecule has 1 heterocycles. The van der Waals surface area contributed by atoms with E-state index in [1.807, 2.05) is 43.3 Å². The minimum absolute atomic E-state index is 0.165. The van der Waals surface area contributed by atoms with Crippen LogP contribution in [-0.4, -0.2) is 40.1 Å². The molecule has 0 bridgehead atoms. The van der Waals surface area contributed by atoms with E-state index in [1.54, 1.807) is 25.1 Å². The van der Waals surface area contributed by atoms with Crippen molar-refractivity contribution in [1.29, 1.82) is 0 Å². The summed E-state index contributed by atoms with van der Waals surface area (Å²) in [6, 6.07) is 12.6. The zero-order valence-corrected chi connectivity index (χ0v) is 18.4. The van der Waals surface area contributed by atoms with Crippen LogP contribution < -0.4 is 16.1 Å². The van der Waals surface area contributed by atoms with Crippen LogP contribution in [0.15, 0.2) is 47.6 Å². The molecule has 0 aliphatic carbocycles. The maximum absolute atomic E-state index is 12.5. The first kappa shape index (κ1) is 21.3. The molecule has 152 valence electrons. The lowest BCUT2D eigenvalue weighted by Crippen LogP contribution is -2.23. The number of amides is 1. The molecule has 0 saturated carbocycles. The maximum Gasteiger partial charge on any atom is 0.237 e. The molecule has 3 N–H and O–H groups in total. The van der Waals surface area contributed by atoms with E-state index in [0.29, 0.717) is 26.6 Å². The number of nitrogen functional groups attached to an aromatic ring is 1. The summed E-state index contributed by atoms with van der Waals surface area (Å²) in [7, 11) is 3.92. The number of nitrogens with zero attached hydrogens (tertiary/aromatic N) is 4. The third-order valence-corrected chi connectivity index (χ3v) is 5.74. The highest BCUT2D eigenvalue weighted by Gasteiger charge is 2.21. The minimum Gasteiger partial charge on any atom is -0.378 e. The van der Waals surface area contributed by atoms with Gasteiger partial charge in [0.1, 0.15) is 0 Å². The van der Waals surface area contributed by atoms with Crippen molar-refractivity contribution in [2.75, 3.05) is 30.2 Å². The highest BCUT2D eigenvalue weighted by atomic mass is 35.5. The zero-order valence-electron chi connectivity index (χ0n) is 16.1. The largest absolute Gasteiger partial charge is 0.378 e. The number of halogens is 2. The Labute approximate surface area is 183 Å². The molecule has 10 heteroatoms. The molecule has 0 aliphatic rings. The number of thioether (sulfide) groups is 1. The molecule has 3 rings (SSSR count). The van der Waals surface area contributed by atoms with Gasteiger partial charge in [-0.2, -0.15) is 0 Å². The molecule has 0 saturated heterocycles. The van der Waals surface area contributed by atoms with Crippen LogP contribution in [0.2, 0.25) is 10.0 Å². The molecule has 7 nitrogen and oxygen atoms in total. The molecule has 0 fully saturated rings. The lowest BCUT2D eigenvalue weighted by Gasteiger charge is -2.14. The molecule has 0 spiro atoms. The number of nitrogens with one attached hydrogen (secondary N) is 1. The molecular formula is C19H20Cl2N6OS. The van der Waals surface area contributed by atoms with Crippen molar-refractivity contribution >= 4 is 52.2 Å². The topological polar surface area (TPSA) is 89.1 Å². The summed E-state index contributed by atoms with van der Waals surface area (Å²) in [4.78, 5) is 14.5. The summed E-state index contributed by atoms with van der Waals surface area (Å²) in [6.45, 7) is 1.78. The van der Waals surface area contributed by atoms with Crippen LogP contribution in [0.4, 0.5) is 11.4 Å². The van der Waals surface area contributed by atoms with Crippen molar-refractivity contribution in [1.82, 2.24) is 14.9 Å². The first-order chi connectivity index (χ1) is 13.8. The van der Waals surface area contributed by atoms with E-state index < -0.39 is 5.25 Å². The van der Waals surface area contributed by atoms with Gasteiger partial charge in [0.25, 0.3) is 0 Å². The molecule has 1 amide bonds. The molecule has 1 unspecified atom stereocenters. The average molecular weight is 451 g/mol. The SMILES string of the molecule is CC(Sc1nnc(-c2ccc(Cl)cc2Cl)n1N)C(=O)Nc1ccc(N(C)C)cc1. The first-order valence-electron chi connectivity index (χ1n) is 8.67. The van der Waals surface area contributed by atoms with E-state index in [4.69, 9.17) is 29.0 Å². The third-order valence-electron chi connectivity index (χ3n) is 4.14. The van der Waals surface area contributed by atoms with Gasteiger partial charge in [0.2, 0.25) is 11.1 Å². The van der Waals surface area contributed by atoms with Gasteiger partial charge < -0.3 is 16.1 Å². The Morgan fingerprint density at radius 2 is 1.86 bits per heavy atom. The van der Waals surface area contributed by atoms with Crippen LogP contribution in [0.1, 0.15) is 6.92 Å². The van der Waals surface area contributed by atoms with Crippen molar-refractivity contribution in [3.05, 3.63) is 52.5 Å². The van der Waals surface area contributed by atoms with Gasteiger partial charge in [0.05, 0.1) is 10.3 Å². The Morgan fingerprint density at radius 3 is 2.48 bits per heavy atom. The van der Waals surface area contributed by atoms with E-state index in [9.17, 15) is 4.79 Å². The second-order valence-corrected chi connectivity index (χ2v) is 8.64. The van der Waals surface area contributed by atoms with Gasteiger partial charge in [-0.25, -0.2) is 4.68 Å². The second kappa shape index (κ2) is 8.94. The lowest BCUT2D eigenvalue weighted by molar-refractivity contribution is -0.115. The Balaban J connectivity index is 1.69. The molecule has 1 atom stereocenters. The summed E-state index contributed by atoms with van der Waals surface area (Å²) >= 11 is 13.4. The van der Waals surface area contributed by atoms with Gasteiger partial charge in [-0.3, -0.25) is 4.79 Å². The molecule has 0 radical (unpaired) electrons. The molecule has 1 aromatic heterocycles. The van der Waals surface area contributed by atoms with Crippen LogP contribution in [0.5, 0.6) is 0 Å². The highest BCUT2D eigenvalue weighted by Crippen LogP contribution is 2.31. The fraction of sp³-hybridized carbons (Fsp3) is 0.211. The number of carbonyl (C=O) groups is 1. The van der Waals surface area contributed by atoms with Gasteiger partial charge in [0, 0.05) is 36.1 Å². The molecule has 2 aromatic carbocycles. The fourth-order valence-electron chi connectivity index (χ4n) is 2.51. The number of nitrogens with two attached hydrogens (primary N) is 1. The van der Waals surface area contributed by atoms with Gasteiger partial charge in [-0.15, -0.1) is 10.2 Å². The number of hydrogen-bond acceptors (Lipinski definition) is 6. The summed E-state index contributed by atoms with van der Waals surface area (Å²) in [5.41, 5.74) is 2.38. The van der Waals surface area contributed by atoms with Crippen LogP contribution >= 0.6 is 35.0 Å². The highest BCUT2D eigenvalue weighted by molar-refractivity contribution is 8.00. The van der Waals surface area contributed by atoms with Crippen LogP contribution in [0.3, 0.4) is 0 Å². The smallest absolute Gasteiger partial charge is 0.237 e. The third kappa shape index (κ3) is 4.95. The fourth-order valence-corrected chi connectivity index (χ4v) is 3.77. The monoisotopic (exact) mass is 450 g/mol. The Kier molecular flexibility index (Phi) is 6.56. The van der Waals surface area contributed by atoms with Crippen molar-refractivity contribution in [2.24, 2.45) is 0 Å². The molecule has 29 heavy (non-hydrogen) atoms. The van der Waals surface area contributed by atoms with E-state index in [2.05, 4.69) is 15.5 Å². The number of carbonyl (C=O) groups excluding carboxylic acids is 1. The van der Waals surface area contributed by atoms with Crippen LogP contribution in [0, 0.1) is 0 Å². The predicted molar refractivity (Wildman–Crippen MR) is 120 cm³/mol. The zero-order chi connectivity index (χ0) is 21.1. The van der Waals surface area contributed by atoms with Crippen LogP contribution in [-0.2, 0) is 4.79 Å². The quantitative estimate of drug-likeness (QED) is 0.432. The van der Waals surface area contributed by atoms with Crippen LogP contribution in [0.25, 0.3) is 11.4 Å². The Morgan fingerprint density at radius 1 is 1.17 bits per heavy atom. The number of aromatic nitrogens is 3. The maximum atomic E-state index is 12.5. The average Bonchev–Trinajstić information content (AvgIpc) is 3.02. The van der Waals surface area contributed by atoms with Gasteiger partial charge >= 0.3 is 0 Å². The normalized spacial score (nSPS) is 11.9. The summed E-state index contributed by atoms with van der Waals surface area (Å²) in [5, 5.41) is 12.0. The van der Waals surface area contributed by atoms with E-state index in [0.717, 1.165) is 11.4 Å². The summed E-state index contributed by atoms with van der Waals surface area (Å²) in [6.07, 6.45) is 0. The Bertz CT molecular complexity index is 1020. The number of hydrogen-bond donors (Lipinski definition) is 2. The number of rotatable bonds is 6. The predicted octanol–water partition coefficient (Wildman–Crippen LogP) is 4.15. The van der Waals surface area contributed by atoms with E-state index in [1.165, 1.54) is 16.4 Å². The van der Waals surface area contributed by atoms with Gasteiger partial charge in [-0.1, -0.05) is 35.0 Å². The molecular weight excluding hydrogens is 431 g/mol. The molecule has 3 aromatic rings. The first-order valence-corrected chi connectivity index (χ1v) is 10.3. The van der Waals surface area contributed by atoms with Gasteiger partial charge in [-0.05, 0) is 49.4 Å². The summed E-state index contributed by atoms with van der Waals surface area (Å²) < 4.78 is 1.31.